The van der Waals surface area contributed by atoms with Crippen molar-refractivity contribution in [1.29, 1.82) is 0 Å². The van der Waals surface area contributed by atoms with Crippen LogP contribution < -0.4 is 15.5 Å². The summed E-state index contributed by atoms with van der Waals surface area (Å²) in [7, 11) is 1.67. The summed E-state index contributed by atoms with van der Waals surface area (Å²) in [5.74, 6) is 0.775. The van der Waals surface area contributed by atoms with E-state index in [4.69, 9.17) is 11.6 Å². The van der Waals surface area contributed by atoms with Gasteiger partial charge in [-0.15, -0.1) is 0 Å². The lowest BCUT2D eigenvalue weighted by atomic mass is 9.91. The second kappa shape index (κ2) is 8.08. The summed E-state index contributed by atoms with van der Waals surface area (Å²) in [4.78, 5) is 31.3. The lowest BCUT2D eigenvalue weighted by molar-refractivity contribution is -0.121. The predicted octanol–water partition coefficient (Wildman–Crippen LogP) is 2.80. The van der Waals surface area contributed by atoms with Gasteiger partial charge in [-0.2, -0.15) is 0 Å². The van der Waals surface area contributed by atoms with Crippen molar-refractivity contribution in [3.05, 3.63) is 34.7 Å². The maximum absolute atomic E-state index is 12.8. The molecule has 2 heterocycles. The summed E-state index contributed by atoms with van der Waals surface area (Å²) < 4.78 is 0. The lowest BCUT2D eigenvalue weighted by Gasteiger charge is -2.26. The number of anilines is 1. The van der Waals surface area contributed by atoms with E-state index in [-0.39, 0.29) is 17.7 Å². The van der Waals surface area contributed by atoms with Crippen LogP contribution in [0.15, 0.2) is 24.2 Å². The molecule has 1 aliphatic rings. The minimum atomic E-state index is -0.508. The molecule has 0 aromatic carbocycles. The highest BCUT2D eigenvalue weighted by Crippen LogP contribution is 2.30. The Bertz CT molecular complexity index is 725. The normalized spacial score (nSPS) is 18.0. The topological polar surface area (TPSA) is 74.3 Å². The van der Waals surface area contributed by atoms with E-state index in [1.165, 1.54) is 6.08 Å². The second-order valence-electron chi connectivity index (χ2n) is 7.58. The molecule has 0 bridgehead atoms. The van der Waals surface area contributed by atoms with Gasteiger partial charge in [0.05, 0.1) is 5.02 Å². The van der Waals surface area contributed by atoms with E-state index in [0.717, 1.165) is 12.0 Å². The van der Waals surface area contributed by atoms with Crippen molar-refractivity contribution >= 4 is 29.1 Å². The summed E-state index contributed by atoms with van der Waals surface area (Å²) in [5, 5.41) is 6.24. The van der Waals surface area contributed by atoms with Crippen LogP contribution in [0, 0.1) is 12.3 Å². The predicted molar refractivity (Wildman–Crippen MR) is 104 cm³/mol. The van der Waals surface area contributed by atoms with E-state index in [9.17, 15) is 9.59 Å². The fourth-order valence-corrected chi connectivity index (χ4v) is 3.09. The number of nitrogens with one attached hydrogen (secondary N) is 2. The van der Waals surface area contributed by atoms with E-state index in [0.29, 0.717) is 29.6 Å². The molecule has 1 aromatic heterocycles. The van der Waals surface area contributed by atoms with E-state index in [2.05, 4.69) is 15.6 Å². The van der Waals surface area contributed by atoms with Gasteiger partial charge in [-0.25, -0.2) is 4.98 Å². The number of aryl methyl sites for hydroxylation is 1. The van der Waals surface area contributed by atoms with Gasteiger partial charge >= 0.3 is 0 Å². The van der Waals surface area contributed by atoms with E-state index in [1.54, 1.807) is 13.2 Å². The van der Waals surface area contributed by atoms with Gasteiger partial charge in [0.1, 0.15) is 17.7 Å². The molecule has 1 saturated heterocycles. The van der Waals surface area contributed by atoms with Crippen molar-refractivity contribution in [2.24, 2.45) is 5.41 Å². The van der Waals surface area contributed by atoms with Crippen molar-refractivity contribution in [1.82, 2.24) is 15.6 Å². The van der Waals surface area contributed by atoms with E-state index < -0.39 is 5.41 Å². The summed E-state index contributed by atoms with van der Waals surface area (Å²) in [6, 6.07) is 1.47. The highest BCUT2D eigenvalue weighted by Gasteiger charge is 2.33. The van der Waals surface area contributed by atoms with Gasteiger partial charge < -0.3 is 15.5 Å². The van der Waals surface area contributed by atoms with Gasteiger partial charge in [0.2, 0.25) is 5.91 Å². The van der Waals surface area contributed by atoms with E-state index in [1.807, 2.05) is 38.7 Å². The zero-order valence-corrected chi connectivity index (χ0v) is 16.8. The molecular formula is C19H27ClN4O2. The van der Waals surface area contributed by atoms with Crippen LogP contribution in [0.2, 0.25) is 5.02 Å². The number of ketones is 1. The summed E-state index contributed by atoms with van der Waals surface area (Å²) in [5.41, 5.74) is 0.464. The quantitative estimate of drug-likeness (QED) is 0.770. The Morgan fingerprint density at radius 2 is 2.08 bits per heavy atom. The van der Waals surface area contributed by atoms with Gasteiger partial charge in [0.15, 0.2) is 5.78 Å². The van der Waals surface area contributed by atoms with Crippen molar-refractivity contribution in [2.45, 2.75) is 46.6 Å². The SMILES string of the molecule is CNC(=CC(=O)C(C)(C)C)NC(=O)[C@@H]1CCCN1c1ncc(C)cc1Cl. The van der Waals surface area contributed by atoms with Crippen molar-refractivity contribution in [3.63, 3.8) is 0 Å². The molecule has 1 aliphatic heterocycles. The Morgan fingerprint density at radius 1 is 1.38 bits per heavy atom. The molecular weight excluding hydrogens is 352 g/mol. The first-order valence-electron chi connectivity index (χ1n) is 8.77. The third-order valence-corrected chi connectivity index (χ3v) is 4.61. The first-order valence-corrected chi connectivity index (χ1v) is 9.15. The number of halogens is 1. The molecule has 0 saturated carbocycles. The molecule has 2 N–H and O–H groups in total. The third kappa shape index (κ3) is 4.75. The fraction of sp³-hybridized carbons (Fsp3) is 0.526. The number of pyridine rings is 1. The van der Waals surface area contributed by atoms with Crippen LogP contribution in [0.3, 0.4) is 0 Å². The zero-order valence-electron chi connectivity index (χ0n) is 16.0. The second-order valence-corrected chi connectivity index (χ2v) is 7.99. The molecule has 0 radical (unpaired) electrons. The molecule has 0 aliphatic carbocycles. The first-order chi connectivity index (χ1) is 12.1. The molecule has 1 fully saturated rings. The molecule has 2 rings (SSSR count). The largest absolute Gasteiger partial charge is 0.375 e. The Kier molecular flexibility index (Phi) is 6.29. The van der Waals surface area contributed by atoms with Gasteiger partial charge in [0, 0.05) is 31.3 Å². The number of allylic oxidation sites excluding steroid dienone is 1. The van der Waals surface area contributed by atoms with Crippen molar-refractivity contribution in [3.8, 4) is 0 Å². The van der Waals surface area contributed by atoms with Crippen LogP contribution in [-0.4, -0.2) is 36.3 Å². The monoisotopic (exact) mass is 378 g/mol. The number of aromatic nitrogens is 1. The number of hydrogen-bond acceptors (Lipinski definition) is 5. The van der Waals surface area contributed by atoms with Crippen LogP contribution in [0.4, 0.5) is 5.82 Å². The Balaban J connectivity index is 2.17. The fourth-order valence-electron chi connectivity index (χ4n) is 2.76. The van der Waals surface area contributed by atoms with Crippen LogP contribution in [-0.2, 0) is 9.59 Å². The number of hydrogen-bond donors (Lipinski definition) is 2. The van der Waals surface area contributed by atoms with Crippen LogP contribution in [0.5, 0.6) is 0 Å². The first kappa shape index (κ1) is 20.2. The smallest absolute Gasteiger partial charge is 0.248 e. The molecule has 1 amide bonds. The molecule has 7 heteroatoms. The van der Waals surface area contributed by atoms with Gasteiger partial charge in [-0.3, -0.25) is 9.59 Å². The minimum absolute atomic E-state index is 0.0614. The molecule has 1 aromatic rings. The molecule has 142 valence electrons. The maximum atomic E-state index is 12.8. The molecule has 6 nitrogen and oxygen atoms in total. The van der Waals surface area contributed by atoms with E-state index >= 15 is 0 Å². The highest BCUT2D eigenvalue weighted by atomic mass is 35.5. The van der Waals surface area contributed by atoms with Crippen molar-refractivity contribution < 1.29 is 9.59 Å². The summed E-state index contributed by atoms with van der Waals surface area (Å²) in [6.45, 7) is 8.15. The van der Waals surface area contributed by atoms with Crippen LogP contribution in [0.25, 0.3) is 0 Å². The average Bonchev–Trinajstić information content (AvgIpc) is 3.02. The summed E-state index contributed by atoms with van der Waals surface area (Å²) in [6.07, 6.45) is 4.77. The molecule has 0 spiro atoms. The number of rotatable bonds is 5. The van der Waals surface area contributed by atoms with Gasteiger partial charge in [-0.05, 0) is 31.4 Å². The van der Waals surface area contributed by atoms with Crippen LogP contribution >= 0.6 is 11.6 Å². The lowest BCUT2D eigenvalue weighted by Crippen LogP contribution is -2.45. The van der Waals surface area contributed by atoms with Gasteiger partial charge in [-0.1, -0.05) is 32.4 Å². The highest BCUT2D eigenvalue weighted by molar-refractivity contribution is 6.33. The van der Waals surface area contributed by atoms with Crippen LogP contribution in [0.1, 0.15) is 39.2 Å². The molecule has 26 heavy (non-hydrogen) atoms. The number of amides is 1. The molecule has 1 atom stereocenters. The standard InChI is InChI=1S/C19H27ClN4O2/c1-12-9-13(20)17(22-11-12)24-8-6-7-14(24)18(26)23-16(21-5)10-15(25)19(2,3)4/h9-11,14,21H,6-8H2,1-5H3,(H,23,26)/t14-/m0/s1. The average molecular weight is 379 g/mol. The minimum Gasteiger partial charge on any atom is -0.375 e. The summed E-state index contributed by atoms with van der Waals surface area (Å²) >= 11 is 6.33. The number of carbonyl (C=O) groups excluding carboxylic acids is 2. The third-order valence-electron chi connectivity index (χ3n) is 4.33. The Morgan fingerprint density at radius 3 is 2.65 bits per heavy atom. The number of nitrogens with zero attached hydrogens (tertiary/aromatic N) is 2. The Hall–Kier alpha value is -2.08. The van der Waals surface area contributed by atoms with Gasteiger partial charge in [0.25, 0.3) is 0 Å². The Labute approximate surface area is 160 Å². The number of carbonyl (C=O) groups is 2. The maximum Gasteiger partial charge on any atom is 0.248 e. The molecule has 0 unspecified atom stereocenters. The zero-order chi connectivity index (χ0) is 19.5. The van der Waals surface area contributed by atoms with Crippen molar-refractivity contribution in [2.75, 3.05) is 18.5 Å².